The van der Waals surface area contributed by atoms with Crippen molar-refractivity contribution in [3.05, 3.63) is 24.0 Å². The van der Waals surface area contributed by atoms with Crippen molar-refractivity contribution in [3.8, 4) is 0 Å². The number of ether oxygens (including phenoxy) is 1. The maximum absolute atomic E-state index is 11.9. The molecular weight excluding hydrogens is 216 g/mol. The van der Waals surface area contributed by atoms with Gasteiger partial charge in [0.05, 0.1) is 0 Å². The Labute approximate surface area is 103 Å². The van der Waals surface area contributed by atoms with E-state index in [9.17, 15) is 9.59 Å². The van der Waals surface area contributed by atoms with E-state index in [4.69, 9.17) is 4.74 Å². The largest absolute Gasteiger partial charge is 0.431 e. The summed E-state index contributed by atoms with van der Waals surface area (Å²) >= 11 is 0. The summed E-state index contributed by atoms with van der Waals surface area (Å²) in [6, 6.07) is 0. The van der Waals surface area contributed by atoms with Crippen LogP contribution < -0.4 is 0 Å². The monoisotopic (exact) mass is 236 g/mol. The van der Waals surface area contributed by atoms with Crippen LogP contribution in [0.25, 0.3) is 0 Å². The number of allylic oxidation sites excluding steroid dienone is 3. The van der Waals surface area contributed by atoms with Crippen molar-refractivity contribution in [2.75, 3.05) is 0 Å². The fourth-order valence-electron chi connectivity index (χ4n) is 2.18. The summed E-state index contributed by atoms with van der Waals surface area (Å²) in [6.45, 7) is 7.06. The first kappa shape index (κ1) is 13.7. The van der Waals surface area contributed by atoms with Crippen molar-refractivity contribution < 1.29 is 14.3 Å². The predicted molar refractivity (Wildman–Crippen MR) is 66.2 cm³/mol. The third kappa shape index (κ3) is 3.84. The molecule has 0 saturated heterocycles. The molecule has 0 amide bonds. The van der Waals surface area contributed by atoms with Gasteiger partial charge in [-0.15, -0.1) is 6.58 Å². The molecule has 17 heavy (non-hydrogen) atoms. The van der Waals surface area contributed by atoms with E-state index in [1.807, 2.05) is 13.0 Å². The molecule has 1 aliphatic rings. The van der Waals surface area contributed by atoms with Gasteiger partial charge in [-0.05, 0) is 25.2 Å². The van der Waals surface area contributed by atoms with E-state index in [0.717, 1.165) is 19.3 Å². The number of carbonyl (C=O) groups is 2. The van der Waals surface area contributed by atoms with Crippen LogP contribution in [0.5, 0.6) is 0 Å². The number of ketones is 1. The lowest BCUT2D eigenvalue weighted by Crippen LogP contribution is -2.20. The van der Waals surface area contributed by atoms with Crippen molar-refractivity contribution in [1.82, 2.24) is 0 Å². The zero-order valence-electron chi connectivity index (χ0n) is 10.6. The van der Waals surface area contributed by atoms with Crippen LogP contribution in [0.1, 0.15) is 46.0 Å². The van der Waals surface area contributed by atoms with Gasteiger partial charge in [-0.3, -0.25) is 9.59 Å². The third-order valence-corrected chi connectivity index (χ3v) is 2.97. The van der Waals surface area contributed by atoms with E-state index >= 15 is 0 Å². The quantitative estimate of drug-likeness (QED) is 0.544. The molecule has 3 nitrogen and oxygen atoms in total. The molecule has 1 rings (SSSR count). The minimum absolute atomic E-state index is 0.129. The van der Waals surface area contributed by atoms with Crippen LogP contribution in [0.3, 0.4) is 0 Å². The molecule has 0 aliphatic heterocycles. The fourth-order valence-corrected chi connectivity index (χ4v) is 2.18. The van der Waals surface area contributed by atoms with Gasteiger partial charge in [-0.2, -0.15) is 0 Å². The van der Waals surface area contributed by atoms with Crippen LogP contribution in [0.4, 0.5) is 0 Å². The summed E-state index contributed by atoms with van der Waals surface area (Å²) in [7, 11) is 0. The van der Waals surface area contributed by atoms with E-state index in [2.05, 4.69) is 6.58 Å². The van der Waals surface area contributed by atoms with Crippen molar-refractivity contribution in [2.24, 2.45) is 5.92 Å². The van der Waals surface area contributed by atoms with Crippen molar-refractivity contribution in [1.29, 1.82) is 0 Å². The van der Waals surface area contributed by atoms with Gasteiger partial charge in [0.15, 0.2) is 5.78 Å². The number of carbonyl (C=O) groups excluding carboxylic acids is 2. The third-order valence-electron chi connectivity index (χ3n) is 2.97. The van der Waals surface area contributed by atoms with Gasteiger partial charge in [0.25, 0.3) is 0 Å². The summed E-state index contributed by atoms with van der Waals surface area (Å²) in [5.41, 5.74) is 0.716. The molecule has 0 radical (unpaired) electrons. The Hall–Kier alpha value is -1.38. The Balaban J connectivity index is 2.90. The molecule has 0 bridgehead atoms. The highest BCUT2D eigenvalue weighted by Gasteiger charge is 2.26. The average Bonchev–Trinajstić information content (AvgIpc) is 2.25. The van der Waals surface area contributed by atoms with E-state index in [1.165, 1.54) is 6.92 Å². The van der Waals surface area contributed by atoms with Crippen LogP contribution in [0, 0.1) is 5.92 Å². The highest BCUT2D eigenvalue weighted by molar-refractivity contribution is 5.97. The zero-order valence-corrected chi connectivity index (χ0v) is 10.6. The number of rotatable bonds is 5. The van der Waals surface area contributed by atoms with E-state index in [1.54, 1.807) is 0 Å². The van der Waals surface area contributed by atoms with E-state index in [0.29, 0.717) is 24.2 Å². The molecule has 0 aromatic carbocycles. The number of Topliss-reactive ketones (excluding diaryl/α,β-unsaturated/α-hetero) is 1. The minimum Gasteiger partial charge on any atom is -0.431 e. The molecule has 0 fully saturated rings. The molecule has 1 aliphatic carbocycles. The minimum atomic E-state index is -0.344. The zero-order chi connectivity index (χ0) is 12.8. The summed E-state index contributed by atoms with van der Waals surface area (Å²) in [5.74, 6) is 0.507. The predicted octanol–water partition coefficient (Wildman–Crippen LogP) is 3.16. The van der Waals surface area contributed by atoms with Gasteiger partial charge >= 0.3 is 5.97 Å². The van der Waals surface area contributed by atoms with Gasteiger partial charge in [-0.25, -0.2) is 0 Å². The first-order chi connectivity index (χ1) is 8.06. The fraction of sp³-hybridized carbons (Fsp3) is 0.571. The smallest absolute Gasteiger partial charge is 0.307 e. The second-order valence-electron chi connectivity index (χ2n) is 4.47. The molecule has 3 heteroatoms. The van der Waals surface area contributed by atoms with Gasteiger partial charge in [0, 0.05) is 25.3 Å². The Morgan fingerprint density at radius 1 is 1.53 bits per heavy atom. The molecule has 0 aromatic rings. The van der Waals surface area contributed by atoms with Crippen molar-refractivity contribution in [2.45, 2.75) is 46.0 Å². The normalized spacial score (nSPS) is 17.9. The van der Waals surface area contributed by atoms with Gasteiger partial charge in [-0.1, -0.05) is 13.0 Å². The Morgan fingerprint density at radius 3 is 2.82 bits per heavy atom. The van der Waals surface area contributed by atoms with Crippen LogP contribution in [0.2, 0.25) is 0 Å². The molecule has 0 heterocycles. The lowest BCUT2D eigenvalue weighted by Gasteiger charge is -2.22. The van der Waals surface area contributed by atoms with E-state index in [-0.39, 0.29) is 17.7 Å². The van der Waals surface area contributed by atoms with Gasteiger partial charge < -0.3 is 4.74 Å². The Morgan fingerprint density at radius 2 is 2.24 bits per heavy atom. The van der Waals surface area contributed by atoms with E-state index < -0.39 is 0 Å². The number of esters is 1. The molecule has 1 atom stereocenters. The Bertz CT molecular complexity index is 352. The molecule has 1 unspecified atom stereocenters. The van der Waals surface area contributed by atoms with Crippen LogP contribution in [0.15, 0.2) is 24.0 Å². The molecule has 0 N–H and O–H groups in total. The molecule has 0 aromatic heterocycles. The molecular formula is C14H20O3. The van der Waals surface area contributed by atoms with Gasteiger partial charge in [0.1, 0.15) is 5.76 Å². The molecule has 0 saturated carbocycles. The van der Waals surface area contributed by atoms with Crippen LogP contribution in [-0.4, -0.2) is 11.8 Å². The lowest BCUT2D eigenvalue weighted by molar-refractivity contribution is -0.137. The SMILES string of the molecule is C=CCCC(C)C1=C(OC(C)=O)CCCC1=O. The highest BCUT2D eigenvalue weighted by atomic mass is 16.5. The lowest BCUT2D eigenvalue weighted by atomic mass is 9.85. The van der Waals surface area contributed by atoms with Crippen molar-refractivity contribution in [3.63, 3.8) is 0 Å². The topological polar surface area (TPSA) is 43.4 Å². The highest BCUT2D eigenvalue weighted by Crippen LogP contribution is 2.30. The van der Waals surface area contributed by atoms with Gasteiger partial charge in [0.2, 0.25) is 0 Å². The summed E-state index contributed by atoms with van der Waals surface area (Å²) in [4.78, 5) is 22.9. The molecule has 0 spiro atoms. The number of hydrogen-bond acceptors (Lipinski definition) is 3. The van der Waals surface area contributed by atoms with Crippen molar-refractivity contribution >= 4 is 11.8 Å². The average molecular weight is 236 g/mol. The second-order valence-corrected chi connectivity index (χ2v) is 4.47. The van der Waals surface area contributed by atoms with Crippen LogP contribution >= 0.6 is 0 Å². The molecule has 94 valence electrons. The first-order valence-electron chi connectivity index (χ1n) is 6.11. The standard InChI is InChI=1S/C14H20O3/c1-4-5-7-10(2)14-12(16)8-6-9-13(14)17-11(3)15/h4,10H,1,5-9H2,2-3H3. The Kier molecular flexibility index (Phi) is 5.13. The maximum Gasteiger partial charge on any atom is 0.307 e. The number of hydrogen-bond donors (Lipinski definition) is 0. The van der Waals surface area contributed by atoms with Crippen LogP contribution in [-0.2, 0) is 14.3 Å². The summed E-state index contributed by atoms with van der Waals surface area (Å²) in [5, 5.41) is 0. The maximum atomic E-state index is 11.9. The first-order valence-corrected chi connectivity index (χ1v) is 6.11. The second kappa shape index (κ2) is 6.38. The summed E-state index contributed by atoms with van der Waals surface area (Å²) in [6.07, 6.45) is 5.62. The summed E-state index contributed by atoms with van der Waals surface area (Å²) < 4.78 is 5.17.